The zero-order chi connectivity index (χ0) is 24.8. The van der Waals surface area contributed by atoms with Crippen LogP contribution in [0.15, 0.2) is 34.1 Å². The second-order valence-corrected chi connectivity index (χ2v) is 7.34. The van der Waals surface area contributed by atoms with Crippen LogP contribution >= 0.6 is 0 Å². The molecule has 0 bridgehead atoms. The highest BCUT2D eigenvalue weighted by atomic mass is 16.4. The van der Waals surface area contributed by atoms with E-state index in [1.165, 1.54) is 23.2 Å². The van der Waals surface area contributed by atoms with Crippen molar-refractivity contribution in [3.63, 3.8) is 0 Å². The second kappa shape index (κ2) is 10.4. The number of carbonyl (C=O) groups is 3. The molecule has 3 rings (SSSR count). The summed E-state index contributed by atoms with van der Waals surface area (Å²) in [5.74, 6) is -3.13. The van der Waals surface area contributed by atoms with Gasteiger partial charge in [0.2, 0.25) is 5.95 Å². The van der Waals surface area contributed by atoms with Crippen LogP contribution in [0, 0.1) is 0 Å². The Hall–Kier alpha value is -4.46. The number of nitrogen functional groups attached to an aromatic ring is 1. The van der Waals surface area contributed by atoms with E-state index in [4.69, 9.17) is 10.8 Å². The first-order valence-electron chi connectivity index (χ1n) is 10.1. The van der Waals surface area contributed by atoms with Gasteiger partial charge in [-0.15, -0.1) is 0 Å². The summed E-state index contributed by atoms with van der Waals surface area (Å²) in [5, 5.41) is 33.1. The number of aromatic amines is 1. The van der Waals surface area contributed by atoms with Crippen LogP contribution in [0.3, 0.4) is 0 Å². The summed E-state index contributed by atoms with van der Waals surface area (Å²) in [4.78, 5) is 58.4. The quantitative estimate of drug-likeness (QED) is 0.229. The van der Waals surface area contributed by atoms with Crippen molar-refractivity contribution in [3.8, 4) is 0 Å². The molecule has 0 aliphatic carbocycles. The van der Waals surface area contributed by atoms with Crippen molar-refractivity contribution in [1.82, 2.24) is 15.3 Å². The number of nitrogens with two attached hydrogens (primary N) is 1. The molecule has 1 aliphatic heterocycles. The highest BCUT2D eigenvalue weighted by molar-refractivity contribution is 5.97. The van der Waals surface area contributed by atoms with Crippen molar-refractivity contribution in [3.05, 3.63) is 40.2 Å². The maximum Gasteiger partial charge on any atom is 0.326 e. The molecule has 2 aromatic rings. The van der Waals surface area contributed by atoms with Gasteiger partial charge in [-0.1, -0.05) is 0 Å². The van der Waals surface area contributed by atoms with Crippen LogP contribution in [0.2, 0.25) is 0 Å². The van der Waals surface area contributed by atoms with Gasteiger partial charge in [-0.25, -0.2) is 9.79 Å². The third-order valence-electron chi connectivity index (χ3n) is 5.02. The van der Waals surface area contributed by atoms with E-state index in [1.807, 2.05) is 0 Å². The largest absolute Gasteiger partial charge is 0.481 e. The fourth-order valence-corrected chi connectivity index (χ4v) is 3.29. The van der Waals surface area contributed by atoms with Crippen molar-refractivity contribution >= 4 is 47.2 Å². The van der Waals surface area contributed by atoms with E-state index >= 15 is 0 Å². The number of carboxylic acid groups (broad SMARTS) is 2. The molecule has 1 aliphatic rings. The summed E-state index contributed by atoms with van der Waals surface area (Å²) in [5.41, 5.74) is 5.88. The third kappa shape index (κ3) is 5.66. The minimum absolute atomic E-state index is 0.0870. The van der Waals surface area contributed by atoms with Gasteiger partial charge >= 0.3 is 11.9 Å². The number of rotatable bonds is 10. The number of H-pyrrole nitrogens is 1. The number of aliphatic carboxylic acids is 2. The van der Waals surface area contributed by atoms with Gasteiger partial charge in [0.1, 0.15) is 12.8 Å². The molecule has 2 heterocycles. The topological polar surface area (TPSA) is 223 Å². The number of hydrogen-bond acceptors (Lipinski definition) is 10. The Balaban J connectivity index is 1.63. The lowest BCUT2D eigenvalue weighted by Crippen LogP contribution is -2.46. The number of aliphatic hydroxyl groups excluding tert-OH is 1. The molecule has 2 unspecified atom stereocenters. The van der Waals surface area contributed by atoms with Gasteiger partial charge in [0.15, 0.2) is 11.5 Å². The van der Waals surface area contributed by atoms with E-state index in [1.54, 1.807) is 12.1 Å². The predicted octanol–water partition coefficient (Wildman–Crippen LogP) is -0.647. The molecular formula is C20H23N7O7. The Morgan fingerprint density at radius 1 is 1.21 bits per heavy atom. The number of carboxylic acids is 2. The summed E-state index contributed by atoms with van der Waals surface area (Å²) < 4.78 is 0. The summed E-state index contributed by atoms with van der Waals surface area (Å²) >= 11 is 0. The maximum absolute atomic E-state index is 12.3. The number of amides is 1. The molecule has 180 valence electrons. The first-order chi connectivity index (χ1) is 16.2. The first-order valence-corrected chi connectivity index (χ1v) is 10.1. The van der Waals surface area contributed by atoms with Gasteiger partial charge in [0.25, 0.3) is 11.5 Å². The number of fused-ring (bicyclic) bond motifs is 1. The second-order valence-electron chi connectivity index (χ2n) is 7.34. The summed E-state index contributed by atoms with van der Waals surface area (Å²) in [7, 11) is 0. The van der Waals surface area contributed by atoms with Gasteiger partial charge in [-0.3, -0.25) is 19.4 Å². The van der Waals surface area contributed by atoms with E-state index in [0.29, 0.717) is 5.69 Å². The number of aliphatic imine (C=N–C) groups is 1. The van der Waals surface area contributed by atoms with Gasteiger partial charge in [0, 0.05) is 30.4 Å². The number of nitrogens with one attached hydrogen (secondary N) is 3. The highest BCUT2D eigenvalue weighted by Gasteiger charge is 2.27. The van der Waals surface area contributed by atoms with Crippen LogP contribution in [-0.2, 0) is 9.59 Å². The van der Waals surface area contributed by atoms with Crippen molar-refractivity contribution < 1.29 is 29.7 Å². The number of nitrogens with zero attached hydrogens (tertiary/aromatic N) is 3. The molecule has 2 atom stereocenters. The molecule has 1 aromatic heterocycles. The number of aliphatic hydroxyl groups is 1. The van der Waals surface area contributed by atoms with Crippen molar-refractivity contribution in [1.29, 1.82) is 0 Å². The molecular weight excluding hydrogens is 450 g/mol. The normalized spacial score (nSPS) is 15.3. The van der Waals surface area contributed by atoms with Crippen molar-refractivity contribution in [2.24, 2.45) is 4.99 Å². The summed E-state index contributed by atoms with van der Waals surface area (Å²) in [6.07, 6.45) is 0.881. The fourth-order valence-electron chi connectivity index (χ4n) is 3.29. The molecule has 0 radical (unpaired) electrons. The zero-order valence-electron chi connectivity index (χ0n) is 17.8. The van der Waals surface area contributed by atoms with Gasteiger partial charge < -0.3 is 36.6 Å². The molecule has 1 amide bonds. The van der Waals surface area contributed by atoms with Crippen LogP contribution in [0.4, 0.5) is 23.1 Å². The lowest BCUT2D eigenvalue weighted by Gasteiger charge is -2.32. The lowest BCUT2D eigenvalue weighted by molar-refractivity contribution is -0.140. The zero-order valence-corrected chi connectivity index (χ0v) is 17.8. The number of carbonyl (C=O) groups excluding carboxylic acids is 1. The molecule has 0 spiro atoms. The van der Waals surface area contributed by atoms with Crippen molar-refractivity contribution in [2.75, 3.05) is 29.2 Å². The first kappa shape index (κ1) is 24.2. The van der Waals surface area contributed by atoms with E-state index < -0.39 is 48.6 Å². The number of benzene rings is 1. The monoisotopic (exact) mass is 473 g/mol. The van der Waals surface area contributed by atoms with E-state index in [0.717, 1.165) is 0 Å². The standard InChI is InChI=1S/C20H23N7O7/c21-20-25-16-15(18(32)26-20)27(9-28)12(8-23-16)7-22-11-3-1-10(2-4-11)17(31)24-13(19(33)34)5-6-14(29)30/h1-4,8,12-13,22,28H,5-7,9H2,(H,24,31)(H,29,30)(H,33,34)(H3,21,25,26,32). The molecule has 14 nitrogen and oxygen atoms in total. The smallest absolute Gasteiger partial charge is 0.326 e. The number of hydrogen-bond donors (Lipinski definition) is 7. The summed E-state index contributed by atoms with van der Waals surface area (Å²) in [6.45, 7) is -0.221. The minimum atomic E-state index is -1.33. The Morgan fingerprint density at radius 3 is 2.53 bits per heavy atom. The van der Waals surface area contributed by atoms with Gasteiger partial charge in [-0.05, 0) is 30.7 Å². The van der Waals surface area contributed by atoms with Crippen LogP contribution < -0.4 is 26.8 Å². The van der Waals surface area contributed by atoms with Crippen LogP contribution in [0.1, 0.15) is 23.2 Å². The van der Waals surface area contributed by atoms with Crippen LogP contribution in [0.25, 0.3) is 0 Å². The molecule has 0 saturated carbocycles. The minimum Gasteiger partial charge on any atom is -0.481 e. The Bertz CT molecular complexity index is 1160. The SMILES string of the molecule is Nc1nc2c(c(=O)[nH]1)N(CO)C(CNc1ccc(C(=O)NC(CCC(=O)O)C(=O)O)cc1)C=N2. The van der Waals surface area contributed by atoms with E-state index in [9.17, 15) is 29.4 Å². The molecule has 14 heteroatoms. The van der Waals surface area contributed by atoms with E-state index in [2.05, 4.69) is 25.6 Å². The van der Waals surface area contributed by atoms with Crippen LogP contribution in [0.5, 0.6) is 0 Å². The van der Waals surface area contributed by atoms with Gasteiger partial charge in [0.05, 0.1) is 6.04 Å². The molecule has 1 aromatic carbocycles. The maximum atomic E-state index is 12.3. The molecule has 34 heavy (non-hydrogen) atoms. The summed E-state index contributed by atoms with van der Waals surface area (Å²) in [6, 6.07) is 4.31. The third-order valence-corrected chi connectivity index (χ3v) is 5.02. The van der Waals surface area contributed by atoms with Crippen molar-refractivity contribution in [2.45, 2.75) is 24.9 Å². The Labute approximate surface area is 192 Å². The lowest BCUT2D eigenvalue weighted by atomic mass is 10.1. The number of aromatic nitrogens is 2. The number of anilines is 3. The molecule has 0 fully saturated rings. The Kier molecular flexibility index (Phi) is 7.43. The predicted molar refractivity (Wildman–Crippen MR) is 121 cm³/mol. The average Bonchev–Trinajstić information content (AvgIpc) is 2.79. The molecule has 0 saturated heterocycles. The highest BCUT2D eigenvalue weighted by Crippen LogP contribution is 2.27. The van der Waals surface area contributed by atoms with Gasteiger partial charge in [-0.2, -0.15) is 4.98 Å². The Morgan fingerprint density at radius 2 is 1.91 bits per heavy atom. The van der Waals surface area contributed by atoms with E-state index in [-0.39, 0.29) is 36.0 Å². The molecule has 8 N–H and O–H groups in total. The average molecular weight is 473 g/mol. The fraction of sp³-hybridized carbons (Fsp3) is 0.300. The van der Waals surface area contributed by atoms with Crippen LogP contribution in [-0.4, -0.2) is 74.7 Å².